The van der Waals surface area contributed by atoms with Gasteiger partial charge in [-0.3, -0.25) is 14.4 Å². The van der Waals surface area contributed by atoms with Crippen LogP contribution in [0.1, 0.15) is 45.7 Å². The van der Waals surface area contributed by atoms with E-state index in [1.807, 2.05) is 4.90 Å². The van der Waals surface area contributed by atoms with Crippen molar-refractivity contribution in [2.45, 2.75) is 52.5 Å². The third kappa shape index (κ3) is 3.91. The number of carbonyl (C=O) groups is 2. The summed E-state index contributed by atoms with van der Waals surface area (Å²) in [5, 5.41) is 7.48. The second-order valence-corrected chi connectivity index (χ2v) is 9.62. The summed E-state index contributed by atoms with van der Waals surface area (Å²) < 4.78 is 5.27. The monoisotopic (exact) mass is 397 g/mol. The molecule has 2 aliphatic rings. The smallest absolute Gasteiger partial charge is 0.312 e. The van der Waals surface area contributed by atoms with Gasteiger partial charge in [-0.25, -0.2) is 5.10 Å². The Kier molecular flexibility index (Phi) is 4.71. The molecule has 2 bridgehead atoms. The van der Waals surface area contributed by atoms with Crippen molar-refractivity contribution >= 4 is 22.6 Å². The highest BCUT2D eigenvalue weighted by Crippen LogP contribution is 2.52. The van der Waals surface area contributed by atoms with Gasteiger partial charge in [0.25, 0.3) is 11.5 Å². The Balaban J connectivity index is 1.39. The first kappa shape index (κ1) is 19.6. The molecule has 0 spiro atoms. The second kappa shape index (κ2) is 6.97. The van der Waals surface area contributed by atoms with Crippen LogP contribution in [0.5, 0.6) is 0 Å². The minimum atomic E-state index is -0.531. The topological polar surface area (TPSA) is 92.4 Å². The summed E-state index contributed by atoms with van der Waals surface area (Å²) in [6.45, 7) is 7.23. The first-order valence-corrected chi connectivity index (χ1v) is 10.1. The van der Waals surface area contributed by atoms with E-state index in [1.165, 1.54) is 0 Å². The predicted octanol–water partition coefficient (Wildman–Crippen LogP) is 2.44. The number of esters is 1. The van der Waals surface area contributed by atoms with Crippen LogP contribution >= 0.6 is 0 Å². The molecule has 2 heterocycles. The Morgan fingerprint density at radius 3 is 2.69 bits per heavy atom. The zero-order valence-corrected chi connectivity index (χ0v) is 17.2. The summed E-state index contributed by atoms with van der Waals surface area (Å²) in [5.41, 5.74) is 0.499. The van der Waals surface area contributed by atoms with Gasteiger partial charge >= 0.3 is 5.97 Å². The number of fused-ring (bicyclic) bond motifs is 3. The number of hydrogen-bond donors (Lipinski definition) is 1. The number of aromatic amines is 1. The van der Waals surface area contributed by atoms with Crippen LogP contribution in [0.15, 0.2) is 29.1 Å². The number of nitrogens with one attached hydrogen (secondary N) is 1. The van der Waals surface area contributed by atoms with Crippen LogP contribution in [-0.2, 0) is 20.7 Å². The standard InChI is InChI=1S/C22H27N3O4/c1-21(2)9-14-10-22(3,12-21)13-25(14)18(26)11-29-19(27)8-17-15-6-4-5-7-16(15)20(28)24-23-17/h4-7,14H,8-13H2,1-3H3,(H,24,28). The third-order valence-corrected chi connectivity index (χ3v) is 6.18. The number of ether oxygens (including phenoxy) is 1. The lowest BCUT2D eigenvalue weighted by Gasteiger charge is -2.39. The lowest BCUT2D eigenvalue weighted by molar-refractivity contribution is -0.152. The van der Waals surface area contributed by atoms with Crippen LogP contribution in [0.2, 0.25) is 0 Å². The van der Waals surface area contributed by atoms with E-state index < -0.39 is 5.97 Å². The SMILES string of the molecule is CC1(C)CC2CC(C)(CN2C(=O)COC(=O)Cc2n[nH]c(=O)c3ccccc23)C1. The van der Waals surface area contributed by atoms with E-state index in [0.29, 0.717) is 16.5 Å². The van der Waals surface area contributed by atoms with Crippen molar-refractivity contribution < 1.29 is 14.3 Å². The molecule has 1 N–H and O–H groups in total. The van der Waals surface area contributed by atoms with Crippen molar-refractivity contribution in [3.8, 4) is 0 Å². The molecule has 0 radical (unpaired) electrons. The Hall–Kier alpha value is -2.70. The van der Waals surface area contributed by atoms with Gasteiger partial charge in [-0.05, 0) is 36.2 Å². The molecule has 1 aliphatic carbocycles. The van der Waals surface area contributed by atoms with Crippen molar-refractivity contribution in [1.82, 2.24) is 15.1 Å². The van der Waals surface area contributed by atoms with Gasteiger partial charge in [0.2, 0.25) is 0 Å². The Labute approximate surface area is 169 Å². The molecule has 1 aromatic carbocycles. The van der Waals surface area contributed by atoms with Crippen molar-refractivity contribution in [3.63, 3.8) is 0 Å². The van der Waals surface area contributed by atoms with Crippen LogP contribution in [0.3, 0.4) is 0 Å². The molecular formula is C22H27N3O4. The minimum absolute atomic E-state index is 0.0985. The summed E-state index contributed by atoms with van der Waals surface area (Å²) in [5.74, 6) is -0.666. The van der Waals surface area contributed by atoms with Gasteiger partial charge in [0.05, 0.1) is 17.5 Å². The lowest BCUT2D eigenvalue weighted by atomic mass is 9.65. The average Bonchev–Trinajstić information content (AvgIpc) is 2.91. The molecule has 154 valence electrons. The highest BCUT2D eigenvalue weighted by Gasteiger charge is 2.50. The fourth-order valence-electron chi connectivity index (χ4n) is 5.47. The van der Waals surface area contributed by atoms with Crippen molar-refractivity contribution in [1.29, 1.82) is 0 Å². The van der Waals surface area contributed by atoms with E-state index in [-0.39, 0.29) is 41.4 Å². The number of likely N-dealkylation sites (tertiary alicyclic amines) is 1. The molecule has 7 heteroatoms. The van der Waals surface area contributed by atoms with Crippen molar-refractivity contribution in [3.05, 3.63) is 40.3 Å². The van der Waals surface area contributed by atoms with Crippen LogP contribution in [0.4, 0.5) is 0 Å². The van der Waals surface area contributed by atoms with Gasteiger partial charge in [-0.15, -0.1) is 0 Å². The van der Waals surface area contributed by atoms with E-state index in [9.17, 15) is 14.4 Å². The molecule has 29 heavy (non-hydrogen) atoms. The average molecular weight is 397 g/mol. The van der Waals surface area contributed by atoms with Crippen LogP contribution < -0.4 is 5.56 Å². The fourth-order valence-corrected chi connectivity index (χ4v) is 5.47. The van der Waals surface area contributed by atoms with E-state index in [2.05, 4.69) is 31.0 Å². The number of carbonyl (C=O) groups excluding carboxylic acids is 2. The summed E-state index contributed by atoms with van der Waals surface area (Å²) in [7, 11) is 0. The summed E-state index contributed by atoms with van der Waals surface area (Å²) in [4.78, 5) is 38.8. The Bertz CT molecular complexity index is 1030. The van der Waals surface area contributed by atoms with Gasteiger partial charge in [0, 0.05) is 18.0 Å². The number of nitrogens with zero attached hydrogens (tertiary/aromatic N) is 2. The van der Waals surface area contributed by atoms with E-state index >= 15 is 0 Å². The second-order valence-electron chi connectivity index (χ2n) is 9.62. The first-order chi connectivity index (χ1) is 13.7. The summed E-state index contributed by atoms with van der Waals surface area (Å²) in [6, 6.07) is 7.20. The maximum atomic E-state index is 12.7. The zero-order valence-electron chi connectivity index (χ0n) is 17.2. The molecule has 1 amide bonds. The molecule has 1 saturated carbocycles. The maximum Gasteiger partial charge on any atom is 0.312 e. The number of amides is 1. The van der Waals surface area contributed by atoms with Gasteiger partial charge in [0.15, 0.2) is 6.61 Å². The van der Waals surface area contributed by atoms with E-state index in [1.54, 1.807) is 24.3 Å². The van der Waals surface area contributed by atoms with E-state index in [4.69, 9.17) is 4.74 Å². The quantitative estimate of drug-likeness (QED) is 0.800. The van der Waals surface area contributed by atoms with Gasteiger partial charge in [-0.2, -0.15) is 5.10 Å². The van der Waals surface area contributed by atoms with Crippen LogP contribution in [0, 0.1) is 10.8 Å². The van der Waals surface area contributed by atoms with Gasteiger partial charge in [-0.1, -0.05) is 39.0 Å². The van der Waals surface area contributed by atoms with Gasteiger partial charge < -0.3 is 9.64 Å². The molecule has 7 nitrogen and oxygen atoms in total. The molecular weight excluding hydrogens is 370 g/mol. The zero-order chi connectivity index (χ0) is 20.8. The van der Waals surface area contributed by atoms with Gasteiger partial charge in [0.1, 0.15) is 0 Å². The largest absolute Gasteiger partial charge is 0.455 e. The normalized spacial score (nSPS) is 25.2. The summed E-state index contributed by atoms with van der Waals surface area (Å²) in [6.07, 6.45) is 3.00. The van der Waals surface area contributed by atoms with Crippen LogP contribution in [-0.4, -0.2) is 46.2 Å². The predicted molar refractivity (Wildman–Crippen MR) is 108 cm³/mol. The molecule has 2 aromatic rings. The third-order valence-electron chi connectivity index (χ3n) is 6.18. The molecule has 1 aromatic heterocycles. The Morgan fingerprint density at radius 1 is 1.21 bits per heavy atom. The number of benzene rings is 1. The number of aromatic nitrogens is 2. The maximum absolute atomic E-state index is 12.7. The molecule has 2 atom stereocenters. The number of hydrogen-bond acceptors (Lipinski definition) is 5. The highest BCUT2D eigenvalue weighted by atomic mass is 16.5. The van der Waals surface area contributed by atoms with E-state index in [0.717, 1.165) is 25.8 Å². The highest BCUT2D eigenvalue weighted by molar-refractivity contribution is 5.87. The van der Waals surface area contributed by atoms with Crippen LogP contribution in [0.25, 0.3) is 10.8 Å². The fraction of sp³-hybridized carbons (Fsp3) is 0.545. The minimum Gasteiger partial charge on any atom is -0.455 e. The molecule has 1 aliphatic heterocycles. The molecule has 2 unspecified atom stereocenters. The number of rotatable bonds is 4. The number of H-pyrrole nitrogens is 1. The van der Waals surface area contributed by atoms with Crippen molar-refractivity contribution in [2.75, 3.05) is 13.2 Å². The summed E-state index contributed by atoms with van der Waals surface area (Å²) >= 11 is 0. The lowest BCUT2D eigenvalue weighted by Crippen LogP contribution is -2.40. The molecule has 1 saturated heterocycles. The molecule has 4 rings (SSSR count). The molecule has 2 fully saturated rings. The Morgan fingerprint density at radius 2 is 1.93 bits per heavy atom. The first-order valence-electron chi connectivity index (χ1n) is 10.1. The van der Waals surface area contributed by atoms with Crippen molar-refractivity contribution in [2.24, 2.45) is 10.8 Å².